The molecule has 7 nitrogen and oxygen atoms in total. The quantitative estimate of drug-likeness (QED) is 0.466. The number of benzene rings is 2. The van der Waals surface area contributed by atoms with Crippen molar-refractivity contribution in [3.8, 4) is 17.0 Å². The van der Waals surface area contributed by atoms with Crippen molar-refractivity contribution in [2.45, 2.75) is 20.8 Å². The van der Waals surface area contributed by atoms with E-state index in [9.17, 15) is 9.59 Å². The molecule has 0 unspecified atom stereocenters. The summed E-state index contributed by atoms with van der Waals surface area (Å²) in [5.74, 6) is -0.137. The van der Waals surface area contributed by atoms with Gasteiger partial charge >= 0.3 is 5.97 Å². The van der Waals surface area contributed by atoms with Crippen molar-refractivity contribution in [1.29, 1.82) is 0 Å². The molecule has 0 spiro atoms. The first kappa shape index (κ1) is 22.4. The van der Waals surface area contributed by atoms with Gasteiger partial charge in [0.2, 0.25) is 5.88 Å². The van der Waals surface area contributed by atoms with E-state index in [1.807, 2.05) is 0 Å². The SMILES string of the molecule is CCOC(=O)c1c(-c2ccc(Cl)cc2)noc1NC(=O)c1ccc(OCC(C)C)cc1. The van der Waals surface area contributed by atoms with Crippen molar-refractivity contribution in [3.05, 3.63) is 64.7 Å². The molecule has 1 N–H and O–H groups in total. The van der Waals surface area contributed by atoms with Gasteiger partial charge in [0.05, 0.1) is 13.2 Å². The molecular formula is C23H23ClN2O5. The van der Waals surface area contributed by atoms with Gasteiger partial charge in [-0.1, -0.05) is 42.7 Å². The Balaban J connectivity index is 1.84. The molecule has 162 valence electrons. The highest BCUT2D eigenvalue weighted by molar-refractivity contribution is 6.30. The first-order valence-corrected chi connectivity index (χ1v) is 10.2. The van der Waals surface area contributed by atoms with E-state index in [2.05, 4.69) is 24.3 Å². The Labute approximate surface area is 185 Å². The Hall–Kier alpha value is -3.32. The lowest BCUT2D eigenvalue weighted by Gasteiger charge is -2.09. The molecule has 3 rings (SSSR count). The predicted molar refractivity (Wildman–Crippen MR) is 118 cm³/mol. The van der Waals surface area contributed by atoms with Crippen LogP contribution in [0, 0.1) is 5.92 Å². The number of esters is 1. The number of nitrogens with zero attached hydrogens (tertiary/aromatic N) is 1. The molecule has 0 saturated heterocycles. The lowest BCUT2D eigenvalue weighted by molar-refractivity contribution is 0.0528. The minimum atomic E-state index is -0.651. The Morgan fingerprint density at radius 1 is 1.10 bits per heavy atom. The van der Waals surface area contributed by atoms with Crippen LogP contribution in [0.15, 0.2) is 53.1 Å². The third-order valence-electron chi connectivity index (χ3n) is 4.22. The average molecular weight is 443 g/mol. The summed E-state index contributed by atoms with van der Waals surface area (Å²) in [7, 11) is 0. The molecule has 0 radical (unpaired) electrons. The second-order valence-electron chi connectivity index (χ2n) is 7.15. The van der Waals surface area contributed by atoms with Crippen LogP contribution in [-0.4, -0.2) is 30.2 Å². The van der Waals surface area contributed by atoms with Crippen LogP contribution in [0.5, 0.6) is 5.75 Å². The van der Waals surface area contributed by atoms with E-state index in [1.54, 1.807) is 55.5 Å². The minimum Gasteiger partial charge on any atom is -0.493 e. The first-order valence-electron chi connectivity index (χ1n) is 9.86. The highest BCUT2D eigenvalue weighted by atomic mass is 35.5. The lowest BCUT2D eigenvalue weighted by atomic mass is 10.1. The molecule has 0 saturated carbocycles. The number of hydrogen-bond acceptors (Lipinski definition) is 6. The molecule has 31 heavy (non-hydrogen) atoms. The van der Waals surface area contributed by atoms with Crippen molar-refractivity contribution in [2.24, 2.45) is 5.92 Å². The zero-order chi connectivity index (χ0) is 22.4. The van der Waals surface area contributed by atoms with Crippen LogP contribution in [0.25, 0.3) is 11.3 Å². The fraction of sp³-hybridized carbons (Fsp3) is 0.261. The third-order valence-corrected chi connectivity index (χ3v) is 4.47. The van der Waals surface area contributed by atoms with E-state index < -0.39 is 11.9 Å². The molecule has 8 heteroatoms. The number of anilines is 1. The number of carbonyl (C=O) groups is 2. The molecule has 0 fully saturated rings. The minimum absolute atomic E-state index is 0.0365. The van der Waals surface area contributed by atoms with Gasteiger partial charge < -0.3 is 14.0 Å². The molecular weight excluding hydrogens is 420 g/mol. The Morgan fingerprint density at radius 2 is 1.77 bits per heavy atom. The van der Waals surface area contributed by atoms with Crippen molar-refractivity contribution < 1.29 is 23.6 Å². The summed E-state index contributed by atoms with van der Waals surface area (Å²) in [5, 5.41) is 7.11. The summed E-state index contributed by atoms with van der Waals surface area (Å²) in [6, 6.07) is 13.4. The van der Waals surface area contributed by atoms with Crippen LogP contribution < -0.4 is 10.1 Å². The number of aromatic nitrogens is 1. The molecule has 0 atom stereocenters. The number of rotatable bonds is 8. The van der Waals surface area contributed by atoms with Gasteiger partial charge in [-0.05, 0) is 49.2 Å². The van der Waals surface area contributed by atoms with Crippen molar-refractivity contribution >= 4 is 29.4 Å². The second kappa shape index (κ2) is 10.1. The van der Waals surface area contributed by atoms with Crippen LogP contribution in [0.2, 0.25) is 5.02 Å². The zero-order valence-corrected chi connectivity index (χ0v) is 18.2. The van der Waals surface area contributed by atoms with Crippen molar-refractivity contribution in [1.82, 2.24) is 5.16 Å². The number of hydrogen-bond donors (Lipinski definition) is 1. The monoisotopic (exact) mass is 442 g/mol. The van der Waals surface area contributed by atoms with Gasteiger partial charge in [-0.3, -0.25) is 10.1 Å². The topological polar surface area (TPSA) is 90.7 Å². The summed E-state index contributed by atoms with van der Waals surface area (Å²) in [4.78, 5) is 25.3. The zero-order valence-electron chi connectivity index (χ0n) is 17.5. The second-order valence-corrected chi connectivity index (χ2v) is 7.58. The molecule has 1 aromatic heterocycles. The standard InChI is InChI=1S/C23H23ClN2O5/c1-4-29-23(28)19-20(15-5-9-17(24)10-6-15)26-31-22(19)25-21(27)16-7-11-18(12-8-16)30-13-14(2)3/h5-12,14H,4,13H2,1-3H3,(H,25,27). The van der Waals surface area contributed by atoms with Crippen LogP contribution in [-0.2, 0) is 4.74 Å². The molecule has 0 aliphatic carbocycles. The van der Waals surface area contributed by atoms with Gasteiger partial charge in [-0.25, -0.2) is 4.79 Å². The molecule has 0 bridgehead atoms. The van der Waals surface area contributed by atoms with Crippen LogP contribution in [0.4, 0.5) is 5.88 Å². The largest absolute Gasteiger partial charge is 0.493 e. The number of ether oxygens (including phenoxy) is 2. The normalized spacial score (nSPS) is 10.7. The highest BCUT2D eigenvalue weighted by Crippen LogP contribution is 2.31. The van der Waals surface area contributed by atoms with Gasteiger partial charge in [-0.15, -0.1) is 0 Å². The van der Waals surface area contributed by atoms with Crippen LogP contribution in [0.1, 0.15) is 41.5 Å². The summed E-state index contributed by atoms with van der Waals surface area (Å²) >= 11 is 5.94. The van der Waals surface area contributed by atoms with Gasteiger partial charge in [0.15, 0.2) is 5.56 Å². The Bertz CT molecular complexity index is 1040. The predicted octanol–water partition coefficient (Wildman–Crippen LogP) is 5.46. The summed E-state index contributed by atoms with van der Waals surface area (Å²) in [6.07, 6.45) is 0. The number of halogens is 1. The van der Waals surface area contributed by atoms with Gasteiger partial charge in [-0.2, -0.15) is 0 Å². The van der Waals surface area contributed by atoms with E-state index in [0.29, 0.717) is 34.4 Å². The maximum Gasteiger partial charge on any atom is 0.346 e. The smallest absolute Gasteiger partial charge is 0.346 e. The van der Waals surface area contributed by atoms with Crippen molar-refractivity contribution in [2.75, 3.05) is 18.5 Å². The van der Waals surface area contributed by atoms with Crippen molar-refractivity contribution in [3.63, 3.8) is 0 Å². The molecule has 3 aromatic rings. The summed E-state index contributed by atoms with van der Waals surface area (Å²) in [6.45, 7) is 6.54. The molecule has 1 amide bonds. The van der Waals surface area contributed by atoms with E-state index in [1.165, 1.54) is 0 Å². The van der Waals surface area contributed by atoms with E-state index in [-0.39, 0.29) is 23.7 Å². The van der Waals surface area contributed by atoms with Gasteiger partial charge in [0.25, 0.3) is 5.91 Å². The average Bonchev–Trinajstić information content (AvgIpc) is 3.16. The molecule has 0 aliphatic heterocycles. The number of amides is 1. The van der Waals surface area contributed by atoms with Crippen LogP contribution in [0.3, 0.4) is 0 Å². The Morgan fingerprint density at radius 3 is 2.39 bits per heavy atom. The number of nitrogens with one attached hydrogen (secondary N) is 1. The maximum atomic E-state index is 12.7. The third kappa shape index (κ3) is 5.64. The van der Waals surface area contributed by atoms with Gasteiger partial charge in [0.1, 0.15) is 11.4 Å². The fourth-order valence-electron chi connectivity index (χ4n) is 2.71. The Kier molecular flexibility index (Phi) is 7.31. The van der Waals surface area contributed by atoms with E-state index in [4.69, 9.17) is 25.6 Å². The first-order chi connectivity index (χ1) is 14.9. The summed E-state index contributed by atoms with van der Waals surface area (Å²) in [5.41, 5.74) is 1.26. The van der Waals surface area contributed by atoms with E-state index >= 15 is 0 Å². The molecule has 2 aromatic carbocycles. The van der Waals surface area contributed by atoms with E-state index in [0.717, 1.165) is 0 Å². The molecule has 0 aliphatic rings. The lowest BCUT2D eigenvalue weighted by Crippen LogP contribution is -2.15. The highest BCUT2D eigenvalue weighted by Gasteiger charge is 2.27. The van der Waals surface area contributed by atoms with Gasteiger partial charge in [0, 0.05) is 16.1 Å². The molecule has 1 heterocycles. The van der Waals surface area contributed by atoms with Crippen LogP contribution >= 0.6 is 11.6 Å². The number of carbonyl (C=O) groups excluding carboxylic acids is 2. The fourth-order valence-corrected chi connectivity index (χ4v) is 2.84. The maximum absolute atomic E-state index is 12.7. The summed E-state index contributed by atoms with van der Waals surface area (Å²) < 4.78 is 16.0.